The van der Waals surface area contributed by atoms with Gasteiger partial charge in [-0.15, -0.1) is 11.3 Å². The molecule has 0 bridgehead atoms. The average molecular weight is 222 g/mol. The Morgan fingerprint density at radius 3 is 2.86 bits per heavy atom. The van der Waals surface area contributed by atoms with Crippen LogP contribution in [0.15, 0.2) is 24.5 Å². The maximum atomic E-state index is 8.65. The van der Waals surface area contributed by atoms with Crippen molar-refractivity contribution in [2.24, 2.45) is 0 Å². The predicted molar refractivity (Wildman–Crippen MR) is 55.1 cm³/mol. The van der Waals surface area contributed by atoms with Crippen LogP contribution in [0.25, 0.3) is 10.6 Å². The van der Waals surface area contributed by atoms with Crippen molar-refractivity contribution in [2.75, 3.05) is 0 Å². The van der Waals surface area contributed by atoms with Gasteiger partial charge in [0.05, 0.1) is 10.6 Å². The topological polar surface area (TPSA) is 49.6 Å². The summed E-state index contributed by atoms with van der Waals surface area (Å²) in [5.74, 6) is 0. The van der Waals surface area contributed by atoms with Crippen LogP contribution in [0.4, 0.5) is 0 Å². The highest BCUT2D eigenvalue weighted by molar-refractivity contribution is 7.15. The molecule has 0 aliphatic rings. The van der Waals surface area contributed by atoms with E-state index in [1.807, 2.05) is 6.07 Å². The van der Waals surface area contributed by atoms with Gasteiger partial charge in [0.2, 0.25) is 0 Å². The zero-order chi connectivity index (χ0) is 9.97. The summed E-state index contributed by atoms with van der Waals surface area (Å²) in [7, 11) is 0. The van der Waals surface area contributed by atoms with Crippen molar-refractivity contribution in [3.05, 3.63) is 34.6 Å². The third-order valence-electron chi connectivity index (χ3n) is 1.60. The van der Waals surface area contributed by atoms with Gasteiger partial charge in [0, 0.05) is 6.07 Å². The van der Waals surface area contributed by atoms with Crippen molar-refractivity contribution >= 4 is 22.9 Å². The maximum Gasteiger partial charge on any atom is 0.133 e. The molecule has 2 rings (SSSR count). The minimum absolute atomic E-state index is 0.405. The largest absolute Gasteiger partial charge is 0.235 e. The first-order valence-electron chi connectivity index (χ1n) is 3.77. The molecule has 0 unspecified atom stereocenters. The summed E-state index contributed by atoms with van der Waals surface area (Å²) in [5, 5.41) is 9.06. The van der Waals surface area contributed by atoms with Crippen LogP contribution in [-0.2, 0) is 0 Å². The fraction of sp³-hybridized carbons (Fsp3) is 0. The van der Waals surface area contributed by atoms with Crippen LogP contribution in [0.2, 0.25) is 5.15 Å². The Kier molecular flexibility index (Phi) is 2.44. The molecule has 2 aromatic rings. The molecule has 3 nitrogen and oxygen atoms in total. The van der Waals surface area contributed by atoms with Gasteiger partial charge in [0.25, 0.3) is 0 Å². The Balaban J connectivity index is 2.45. The fourth-order valence-electron chi connectivity index (χ4n) is 1.00. The quantitative estimate of drug-likeness (QED) is 0.696. The summed E-state index contributed by atoms with van der Waals surface area (Å²) in [5.41, 5.74) is 0.747. The molecular formula is C9H4ClN3S. The second-order valence-corrected chi connectivity index (χ2v) is 3.97. The molecule has 0 spiro atoms. The zero-order valence-electron chi connectivity index (χ0n) is 6.94. The maximum absolute atomic E-state index is 8.65. The Morgan fingerprint density at radius 2 is 2.21 bits per heavy atom. The first-order chi connectivity index (χ1) is 6.79. The summed E-state index contributed by atoms with van der Waals surface area (Å²) < 4.78 is 0. The monoisotopic (exact) mass is 221 g/mol. The molecule has 0 saturated heterocycles. The molecule has 2 aromatic heterocycles. The van der Waals surface area contributed by atoms with E-state index >= 15 is 0 Å². The number of hydrogen-bond acceptors (Lipinski definition) is 4. The van der Waals surface area contributed by atoms with Crippen LogP contribution in [0.1, 0.15) is 4.88 Å². The zero-order valence-corrected chi connectivity index (χ0v) is 8.51. The lowest BCUT2D eigenvalue weighted by atomic mass is 10.3. The van der Waals surface area contributed by atoms with Crippen LogP contribution in [0.3, 0.4) is 0 Å². The van der Waals surface area contributed by atoms with Crippen LogP contribution in [0.5, 0.6) is 0 Å². The molecule has 0 amide bonds. The molecule has 0 atom stereocenters. The molecule has 2 heterocycles. The van der Waals surface area contributed by atoms with E-state index in [1.54, 1.807) is 12.1 Å². The van der Waals surface area contributed by atoms with Crippen LogP contribution < -0.4 is 0 Å². The Bertz CT molecular complexity index is 501. The minimum Gasteiger partial charge on any atom is -0.235 e. The number of thiophene rings is 1. The molecule has 0 saturated carbocycles. The lowest BCUT2D eigenvalue weighted by molar-refractivity contribution is 1.18. The molecule has 14 heavy (non-hydrogen) atoms. The van der Waals surface area contributed by atoms with Gasteiger partial charge < -0.3 is 0 Å². The number of nitrogens with zero attached hydrogens (tertiary/aromatic N) is 3. The third kappa shape index (κ3) is 1.74. The van der Waals surface area contributed by atoms with Gasteiger partial charge in [-0.1, -0.05) is 11.6 Å². The molecule has 5 heteroatoms. The van der Waals surface area contributed by atoms with Crippen molar-refractivity contribution in [1.82, 2.24) is 9.97 Å². The van der Waals surface area contributed by atoms with Crippen molar-refractivity contribution in [1.29, 1.82) is 5.26 Å². The molecule has 0 aliphatic heterocycles. The molecular weight excluding hydrogens is 218 g/mol. The van der Waals surface area contributed by atoms with Crippen LogP contribution >= 0.6 is 22.9 Å². The second kappa shape index (κ2) is 3.74. The molecule has 0 aliphatic carbocycles. The first-order valence-corrected chi connectivity index (χ1v) is 4.97. The molecule has 68 valence electrons. The van der Waals surface area contributed by atoms with E-state index in [0.29, 0.717) is 10.0 Å². The molecule has 0 fully saturated rings. The van der Waals surface area contributed by atoms with Gasteiger partial charge in [-0.3, -0.25) is 0 Å². The summed E-state index contributed by atoms with van der Waals surface area (Å²) >= 11 is 7.11. The van der Waals surface area contributed by atoms with Gasteiger partial charge in [0.1, 0.15) is 22.4 Å². The molecule has 0 N–H and O–H groups in total. The van der Waals surface area contributed by atoms with Gasteiger partial charge in [0.15, 0.2) is 0 Å². The lowest BCUT2D eigenvalue weighted by Gasteiger charge is -1.94. The van der Waals surface area contributed by atoms with Crippen LogP contribution in [0, 0.1) is 11.3 Å². The van der Waals surface area contributed by atoms with E-state index in [-0.39, 0.29) is 0 Å². The summed E-state index contributed by atoms with van der Waals surface area (Å²) in [6.07, 6.45) is 1.41. The molecule has 0 radical (unpaired) electrons. The molecule has 0 aromatic carbocycles. The second-order valence-electron chi connectivity index (χ2n) is 2.50. The Morgan fingerprint density at radius 1 is 1.36 bits per heavy atom. The number of aromatic nitrogens is 2. The van der Waals surface area contributed by atoms with E-state index in [1.165, 1.54) is 17.7 Å². The minimum atomic E-state index is 0.405. The van der Waals surface area contributed by atoms with Crippen molar-refractivity contribution in [3.8, 4) is 16.6 Å². The number of halogens is 1. The highest BCUT2D eigenvalue weighted by Gasteiger charge is 2.04. The highest BCUT2D eigenvalue weighted by atomic mass is 35.5. The number of hydrogen-bond donors (Lipinski definition) is 0. The first kappa shape index (κ1) is 9.13. The van der Waals surface area contributed by atoms with E-state index < -0.39 is 0 Å². The van der Waals surface area contributed by atoms with Crippen molar-refractivity contribution in [2.45, 2.75) is 0 Å². The number of nitriles is 1. The van der Waals surface area contributed by atoms with E-state index in [4.69, 9.17) is 16.9 Å². The SMILES string of the molecule is N#Cc1ccc(-c2cc(Cl)ncn2)s1. The average Bonchev–Trinajstić information content (AvgIpc) is 2.66. The van der Waals surface area contributed by atoms with Gasteiger partial charge in [-0.2, -0.15) is 5.26 Å². The van der Waals surface area contributed by atoms with E-state index in [2.05, 4.69) is 16.0 Å². The summed E-state index contributed by atoms with van der Waals surface area (Å²) in [6, 6.07) is 7.36. The predicted octanol–water partition coefficient (Wildman–Crippen LogP) is 2.73. The lowest BCUT2D eigenvalue weighted by Crippen LogP contribution is -1.81. The van der Waals surface area contributed by atoms with E-state index in [9.17, 15) is 0 Å². The van der Waals surface area contributed by atoms with Crippen molar-refractivity contribution < 1.29 is 0 Å². The Hall–Kier alpha value is -1.44. The summed E-state index contributed by atoms with van der Waals surface area (Å²) in [6.45, 7) is 0. The van der Waals surface area contributed by atoms with Gasteiger partial charge in [-0.25, -0.2) is 9.97 Å². The third-order valence-corrected chi connectivity index (χ3v) is 2.82. The fourth-order valence-corrected chi connectivity index (χ4v) is 1.92. The van der Waals surface area contributed by atoms with Crippen LogP contribution in [-0.4, -0.2) is 9.97 Å². The standard InChI is InChI=1S/C9H4ClN3S/c10-9-3-7(12-5-13-9)8-2-1-6(4-11)14-8/h1-3,5H. The van der Waals surface area contributed by atoms with Gasteiger partial charge in [-0.05, 0) is 12.1 Å². The van der Waals surface area contributed by atoms with Crippen molar-refractivity contribution in [3.63, 3.8) is 0 Å². The number of rotatable bonds is 1. The summed E-state index contributed by atoms with van der Waals surface area (Å²) in [4.78, 5) is 9.43. The highest BCUT2D eigenvalue weighted by Crippen LogP contribution is 2.26. The normalized spacial score (nSPS) is 9.71. The van der Waals surface area contributed by atoms with E-state index in [0.717, 1.165) is 10.6 Å². The Labute approximate surface area is 89.6 Å². The smallest absolute Gasteiger partial charge is 0.133 e. The van der Waals surface area contributed by atoms with Gasteiger partial charge >= 0.3 is 0 Å².